The van der Waals surface area contributed by atoms with E-state index in [9.17, 15) is 4.39 Å². The summed E-state index contributed by atoms with van der Waals surface area (Å²) >= 11 is 3.22. The molecule has 0 spiro atoms. The predicted molar refractivity (Wildman–Crippen MR) is 63.8 cm³/mol. The van der Waals surface area contributed by atoms with Gasteiger partial charge in [0.2, 0.25) is 6.39 Å². The van der Waals surface area contributed by atoms with E-state index in [0.29, 0.717) is 30.9 Å². The Kier molecular flexibility index (Phi) is 4.22. The molecule has 90 valence electrons. The number of benzene rings is 1. The Labute approximate surface area is 106 Å². The summed E-state index contributed by atoms with van der Waals surface area (Å²) in [5.74, 6) is 0.431. The van der Waals surface area contributed by atoms with Gasteiger partial charge in [-0.2, -0.15) is 4.98 Å². The van der Waals surface area contributed by atoms with Crippen molar-refractivity contribution in [1.82, 2.24) is 15.5 Å². The van der Waals surface area contributed by atoms with Gasteiger partial charge in [-0.15, -0.1) is 0 Å². The van der Waals surface area contributed by atoms with Gasteiger partial charge in [-0.1, -0.05) is 27.2 Å². The second-order valence-electron chi connectivity index (χ2n) is 3.51. The molecule has 0 unspecified atom stereocenters. The standard InChI is InChI=1S/C11H11BrFN3O/c12-9-2-1-8(10(13)5-9)6-14-4-3-11-15-7-17-16-11/h1-2,5,7,14H,3-4,6H2. The van der Waals surface area contributed by atoms with Gasteiger partial charge in [0.25, 0.3) is 0 Å². The molecular formula is C11H11BrFN3O. The smallest absolute Gasteiger partial charge is 0.213 e. The van der Waals surface area contributed by atoms with Crippen LogP contribution in [0.25, 0.3) is 0 Å². The number of halogens is 2. The summed E-state index contributed by atoms with van der Waals surface area (Å²) in [6.45, 7) is 1.16. The van der Waals surface area contributed by atoms with Crippen LogP contribution < -0.4 is 5.32 Å². The van der Waals surface area contributed by atoms with Gasteiger partial charge >= 0.3 is 0 Å². The maximum Gasteiger partial charge on any atom is 0.213 e. The van der Waals surface area contributed by atoms with Gasteiger partial charge in [-0.05, 0) is 12.1 Å². The Bertz CT molecular complexity index is 476. The van der Waals surface area contributed by atoms with Crippen LogP contribution in [0.5, 0.6) is 0 Å². The van der Waals surface area contributed by atoms with Crippen LogP contribution in [0.15, 0.2) is 33.6 Å². The minimum Gasteiger partial charge on any atom is -0.343 e. The Morgan fingerprint density at radius 2 is 2.29 bits per heavy atom. The van der Waals surface area contributed by atoms with E-state index in [1.807, 2.05) is 6.07 Å². The quantitative estimate of drug-likeness (QED) is 0.861. The molecule has 6 heteroatoms. The van der Waals surface area contributed by atoms with Gasteiger partial charge in [0, 0.05) is 29.5 Å². The lowest BCUT2D eigenvalue weighted by molar-refractivity contribution is 0.409. The molecule has 0 saturated heterocycles. The van der Waals surface area contributed by atoms with Gasteiger partial charge in [0.15, 0.2) is 5.82 Å². The normalized spacial score (nSPS) is 10.7. The number of rotatable bonds is 5. The van der Waals surface area contributed by atoms with Gasteiger partial charge < -0.3 is 9.84 Å². The Morgan fingerprint density at radius 1 is 1.41 bits per heavy atom. The fraction of sp³-hybridized carbons (Fsp3) is 0.273. The number of nitrogens with zero attached hydrogens (tertiary/aromatic N) is 2. The third kappa shape index (κ3) is 3.61. The monoisotopic (exact) mass is 299 g/mol. The van der Waals surface area contributed by atoms with Crippen molar-refractivity contribution in [3.8, 4) is 0 Å². The van der Waals surface area contributed by atoms with Crippen LogP contribution in [0.1, 0.15) is 11.4 Å². The van der Waals surface area contributed by atoms with Crippen molar-refractivity contribution in [2.45, 2.75) is 13.0 Å². The van der Waals surface area contributed by atoms with E-state index in [-0.39, 0.29) is 5.82 Å². The largest absolute Gasteiger partial charge is 0.343 e. The number of hydrogen-bond donors (Lipinski definition) is 1. The lowest BCUT2D eigenvalue weighted by Gasteiger charge is -2.05. The summed E-state index contributed by atoms with van der Waals surface area (Å²) in [5, 5.41) is 6.81. The molecule has 2 rings (SSSR count). The average Bonchev–Trinajstić information content (AvgIpc) is 2.79. The highest BCUT2D eigenvalue weighted by atomic mass is 79.9. The first kappa shape index (κ1) is 12.2. The highest BCUT2D eigenvalue weighted by Crippen LogP contribution is 2.14. The molecule has 0 aliphatic heterocycles. The van der Waals surface area contributed by atoms with Crippen LogP contribution in [-0.2, 0) is 13.0 Å². The highest BCUT2D eigenvalue weighted by molar-refractivity contribution is 9.10. The van der Waals surface area contributed by atoms with Crippen molar-refractivity contribution >= 4 is 15.9 Å². The summed E-state index contributed by atoms with van der Waals surface area (Å²) < 4.78 is 18.8. The molecule has 4 nitrogen and oxygen atoms in total. The summed E-state index contributed by atoms with van der Waals surface area (Å²) in [6.07, 6.45) is 1.96. The van der Waals surface area contributed by atoms with E-state index < -0.39 is 0 Å². The molecule has 2 aromatic rings. The maximum absolute atomic E-state index is 13.4. The predicted octanol–water partition coefficient (Wildman–Crippen LogP) is 2.30. The molecule has 17 heavy (non-hydrogen) atoms. The molecule has 1 heterocycles. The fourth-order valence-electron chi connectivity index (χ4n) is 1.39. The second kappa shape index (κ2) is 5.88. The highest BCUT2D eigenvalue weighted by Gasteiger charge is 2.03. The molecule has 1 aromatic heterocycles. The number of nitrogens with one attached hydrogen (secondary N) is 1. The first-order valence-electron chi connectivity index (χ1n) is 5.15. The third-order valence-electron chi connectivity index (χ3n) is 2.26. The SMILES string of the molecule is Fc1cc(Br)ccc1CNCCc1ncon1. The molecule has 0 fully saturated rings. The molecular weight excluding hydrogens is 289 g/mol. The minimum atomic E-state index is -0.216. The molecule has 1 N–H and O–H groups in total. The third-order valence-corrected chi connectivity index (χ3v) is 2.76. The molecule has 1 aromatic carbocycles. The van der Waals surface area contributed by atoms with Crippen molar-refractivity contribution in [1.29, 1.82) is 0 Å². The van der Waals surface area contributed by atoms with Crippen LogP contribution in [0.3, 0.4) is 0 Å². The molecule has 0 aliphatic carbocycles. The molecule has 0 amide bonds. The fourth-order valence-corrected chi connectivity index (χ4v) is 1.72. The van der Waals surface area contributed by atoms with Crippen molar-refractivity contribution in [2.24, 2.45) is 0 Å². The molecule has 0 radical (unpaired) electrons. The zero-order chi connectivity index (χ0) is 12.1. The summed E-state index contributed by atoms with van der Waals surface area (Å²) in [6, 6.07) is 5.02. The molecule has 0 bridgehead atoms. The van der Waals surface area contributed by atoms with Crippen LogP contribution in [-0.4, -0.2) is 16.7 Å². The first-order valence-corrected chi connectivity index (χ1v) is 5.95. The van der Waals surface area contributed by atoms with Crippen molar-refractivity contribution in [3.05, 3.63) is 46.3 Å². The zero-order valence-corrected chi connectivity index (χ0v) is 10.6. The van der Waals surface area contributed by atoms with E-state index in [1.165, 1.54) is 12.5 Å². The van der Waals surface area contributed by atoms with Gasteiger partial charge in [-0.25, -0.2) is 4.39 Å². The van der Waals surface area contributed by atoms with Crippen LogP contribution in [0.2, 0.25) is 0 Å². The van der Waals surface area contributed by atoms with Gasteiger partial charge in [0.05, 0.1) is 0 Å². The summed E-state index contributed by atoms with van der Waals surface area (Å²) in [7, 11) is 0. The Balaban J connectivity index is 1.78. The van der Waals surface area contributed by atoms with Gasteiger partial charge in [0.1, 0.15) is 5.82 Å². The van der Waals surface area contributed by atoms with E-state index in [4.69, 9.17) is 0 Å². The summed E-state index contributed by atoms with van der Waals surface area (Å²) in [4.78, 5) is 3.89. The van der Waals surface area contributed by atoms with E-state index in [1.54, 1.807) is 6.07 Å². The maximum atomic E-state index is 13.4. The number of hydrogen-bond acceptors (Lipinski definition) is 4. The van der Waals surface area contributed by atoms with E-state index >= 15 is 0 Å². The van der Waals surface area contributed by atoms with Crippen molar-refractivity contribution < 1.29 is 8.91 Å². The lowest BCUT2D eigenvalue weighted by Crippen LogP contribution is -2.17. The summed E-state index contributed by atoms with van der Waals surface area (Å²) in [5.41, 5.74) is 0.640. The number of aromatic nitrogens is 2. The average molecular weight is 300 g/mol. The lowest BCUT2D eigenvalue weighted by atomic mass is 10.2. The second-order valence-corrected chi connectivity index (χ2v) is 4.43. The molecule has 0 saturated carbocycles. The minimum absolute atomic E-state index is 0.216. The van der Waals surface area contributed by atoms with Crippen molar-refractivity contribution in [3.63, 3.8) is 0 Å². The Hall–Kier alpha value is -1.27. The Morgan fingerprint density at radius 3 is 3.00 bits per heavy atom. The molecule has 0 atom stereocenters. The van der Waals surface area contributed by atoms with Crippen LogP contribution >= 0.6 is 15.9 Å². The van der Waals surface area contributed by atoms with Crippen LogP contribution in [0.4, 0.5) is 4.39 Å². The van der Waals surface area contributed by atoms with Gasteiger partial charge in [-0.3, -0.25) is 0 Å². The zero-order valence-electron chi connectivity index (χ0n) is 8.99. The van der Waals surface area contributed by atoms with Crippen molar-refractivity contribution in [2.75, 3.05) is 6.54 Å². The molecule has 0 aliphatic rings. The topological polar surface area (TPSA) is 51.0 Å². The van der Waals surface area contributed by atoms with E-state index in [0.717, 1.165) is 4.47 Å². The first-order chi connectivity index (χ1) is 8.25. The van der Waals surface area contributed by atoms with E-state index in [2.05, 4.69) is 35.9 Å². The van der Waals surface area contributed by atoms with Crippen LogP contribution in [0, 0.1) is 5.82 Å².